The number of aliphatic imine (C=N–C) groups is 1. The number of amidine groups is 1. The smallest absolute Gasteiger partial charge is 0.266 e. The molecular formula is C21H28ClN3OS. The minimum Gasteiger partial charge on any atom is -0.366 e. The number of thioether (sulfide) groups is 1. The molecule has 0 N–H and O–H groups in total. The minimum absolute atomic E-state index is 0.0313. The van der Waals surface area contributed by atoms with E-state index < -0.39 is 0 Å². The third-order valence-electron chi connectivity index (χ3n) is 5.43. The van der Waals surface area contributed by atoms with Crippen molar-refractivity contribution in [3.8, 4) is 0 Å². The molecule has 6 heteroatoms. The molecule has 1 fully saturated rings. The Bertz CT molecular complexity index is 831. The fourth-order valence-electron chi connectivity index (χ4n) is 4.17. The standard InChI is InChI=1S/C21H28ClN3OS/c1-7-8-25-17-11-16(22)14(9-15(17)13(2)12-21(25,3)4)10-18-19(26)24(6)20(23-5)27-18/h9-11,13H,7-8,12H2,1-6H3/b18-10+,23-20?. The average molecular weight is 406 g/mol. The van der Waals surface area contributed by atoms with E-state index in [9.17, 15) is 4.79 Å². The number of rotatable bonds is 3. The molecule has 3 rings (SSSR count). The Balaban J connectivity index is 2.06. The Morgan fingerprint density at radius 3 is 2.70 bits per heavy atom. The van der Waals surface area contributed by atoms with E-state index in [0.717, 1.165) is 24.9 Å². The lowest BCUT2D eigenvalue weighted by atomic mass is 9.79. The number of amides is 1. The van der Waals surface area contributed by atoms with Crippen LogP contribution < -0.4 is 4.90 Å². The summed E-state index contributed by atoms with van der Waals surface area (Å²) in [5, 5.41) is 1.40. The number of carbonyl (C=O) groups is 1. The molecular weight excluding hydrogens is 378 g/mol. The highest BCUT2D eigenvalue weighted by atomic mass is 35.5. The number of anilines is 1. The summed E-state index contributed by atoms with van der Waals surface area (Å²) >= 11 is 8.06. The first-order valence-corrected chi connectivity index (χ1v) is 10.6. The van der Waals surface area contributed by atoms with Crippen LogP contribution in [0.3, 0.4) is 0 Å². The third-order valence-corrected chi connectivity index (χ3v) is 6.91. The lowest BCUT2D eigenvalue weighted by Crippen LogP contribution is -2.48. The van der Waals surface area contributed by atoms with Crippen LogP contribution in [0.5, 0.6) is 0 Å². The molecule has 1 atom stereocenters. The fraction of sp³-hybridized carbons (Fsp3) is 0.524. The molecule has 2 heterocycles. The molecule has 146 valence electrons. The number of nitrogens with zero attached hydrogens (tertiary/aromatic N) is 3. The molecule has 1 aromatic rings. The van der Waals surface area contributed by atoms with Gasteiger partial charge in [-0.2, -0.15) is 0 Å². The number of carbonyl (C=O) groups excluding carboxylic acids is 1. The molecule has 0 aromatic heterocycles. The van der Waals surface area contributed by atoms with Crippen LogP contribution in [0.25, 0.3) is 6.08 Å². The summed E-state index contributed by atoms with van der Waals surface area (Å²) in [5.41, 5.74) is 3.55. The molecule has 2 aliphatic heterocycles. The van der Waals surface area contributed by atoms with Crippen molar-refractivity contribution in [3.63, 3.8) is 0 Å². The predicted octanol–water partition coefficient (Wildman–Crippen LogP) is 5.37. The summed E-state index contributed by atoms with van der Waals surface area (Å²) in [6.45, 7) is 10.1. The molecule has 0 aliphatic carbocycles. The molecule has 1 aromatic carbocycles. The summed E-state index contributed by atoms with van der Waals surface area (Å²) in [7, 11) is 3.45. The van der Waals surface area contributed by atoms with Crippen molar-refractivity contribution in [2.45, 2.75) is 52.0 Å². The van der Waals surface area contributed by atoms with E-state index >= 15 is 0 Å². The second-order valence-electron chi connectivity index (χ2n) is 7.98. The zero-order chi connectivity index (χ0) is 19.9. The second kappa shape index (κ2) is 7.51. The Labute approximate surface area is 171 Å². The van der Waals surface area contributed by atoms with Crippen molar-refractivity contribution in [2.24, 2.45) is 4.99 Å². The molecule has 1 unspecified atom stereocenters. The van der Waals surface area contributed by atoms with Gasteiger partial charge in [0.05, 0.1) is 4.91 Å². The van der Waals surface area contributed by atoms with Gasteiger partial charge in [-0.25, -0.2) is 0 Å². The first-order chi connectivity index (χ1) is 12.7. The quantitative estimate of drug-likeness (QED) is 0.634. The maximum absolute atomic E-state index is 12.5. The van der Waals surface area contributed by atoms with E-state index in [1.54, 1.807) is 19.0 Å². The number of benzene rings is 1. The van der Waals surface area contributed by atoms with Gasteiger partial charge < -0.3 is 4.90 Å². The average Bonchev–Trinajstić information content (AvgIpc) is 2.87. The molecule has 0 radical (unpaired) electrons. The van der Waals surface area contributed by atoms with Crippen molar-refractivity contribution >= 4 is 46.2 Å². The van der Waals surface area contributed by atoms with Crippen LogP contribution in [0.15, 0.2) is 22.0 Å². The van der Waals surface area contributed by atoms with Gasteiger partial charge >= 0.3 is 0 Å². The number of hydrogen-bond donors (Lipinski definition) is 0. The Morgan fingerprint density at radius 2 is 2.11 bits per heavy atom. The van der Waals surface area contributed by atoms with E-state index in [1.807, 2.05) is 6.08 Å². The van der Waals surface area contributed by atoms with Gasteiger partial charge in [0, 0.05) is 36.9 Å². The maximum Gasteiger partial charge on any atom is 0.266 e. The van der Waals surface area contributed by atoms with Crippen LogP contribution in [0.1, 0.15) is 57.6 Å². The second-order valence-corrected chi connectivity index (χ2v) is 9.40. The normalized spacial score (nSPS) is 24.9. The van der Waals surface area contributed by atoms with E-state index in [2.05, 4.69) is 49.7 Å². The van der Waals surface area contributed by atoms with E-state index in [0.29, 0.717) is 21.0 Å². The van der Waals surface area contributed by atoms with Gasteiger partial charge in [0.15, 0.2) is 5.17 Å². The highest BCUT2D eigenvalue weighted by Gasteiger charge is 2.36. The summed E-state index contributed by atoms with van der Waals surface area (Å²) in [4.78, 5) is 21.4. The molecule has 0 saturated carbocycles. The summed E-state index contributed by atoms with van der Waals surface area (Å²) < 4.78 is 0. The van der Waals surface area contributed by atoms with Gasteiger partial charge in [0.25, 0.3) is 5.91 Å². The van der Waals surface area contributed by atoms with Crippen molar-refractivity contribution in [2.75, 3.05) is 25.5 Å². The molecule has 1 saturated heterocycles. The van der Waals surface area contributed by atoms with E-state index in [4.69, 9.17) is 11.6 Å². The Hall–Kier alpha value is -1.46. The van der Waals surface area contributed by atoms with Gasteiger partial charge in [0.2, 0.25) is 0 Å². The van der Waals surface area contributed by atoms with Crippen LogP contribution in [0.4, 0.5) is 5.69 Å². The minimum atomic E-state index is -0.0313. The summed E-state index contributed by atoms with van der Waals surface area (Å²) in [6.07, 6.45) is 4.10. The molecule has 0 spiro atoms. The molecule has 0 bridgehead atoms. The lowest BCUT2D eigenvalue weighted by Gasteiger charge is -2.47. The van der Waals surface area contributed by atoms with Crippen molar-refractivity contribution in [3.05, 3.63) is 33.2 Å². The van der Waals surface area contributed by atoms with Gasteiger partial charge in [0.1, 0.15) is 0 Å². The van der Waals surface area contributed by atoms with Crippen LogP contribution in [0, 0.1) is 0 Å². The van der Waals surface area contributed by atoms with Crippen LogP contribution in [-0.2, 0) is 4.79 Å². The van der Waals surface area contributed by atoms with Crippen molar-refractivity contribution in [1.29, 1.82) is 0 Å². The predicted molar refractivity (Wildman–Crippen MR) is 118 cm³/mol. The topological polar surface area (TPSA) is 35.9 Å². The zero-order valence-corrected chi connectivity index (χ0v) is 18.5. The van der Waals surface area contributed by atoms with Crippen molar-refractivity contribution in [1.82, 2.24) is 4.90 Å². The fourth-order valence-corrected chi connectivity index (χ4v) is 5.30. The molecule has 2 aliphatic rings. The monoisotopic (exact) mass is 405 g/mol. The van der Waals surface area contributed by atoms with Gasteiger partial charge in [-0.1, -0.05) is 25.4 Å². The molecule has 27 heavy (non-hydrogen) atoms. The van der Waals surface area contributed by atoms with Crippen LogP contribution in [0.2, 0.25) is 5.02 Å². The van der Waals surface area contributed by atoms with E-state index in [1.165, 1.54) is 23.0 Å². The van der Waals surface area contributed by atoms with Gasteiger partial charge in [-0.3, -0.25) is 14.7 Å². The van der Waals surface area contributed by atoms with Gasteiger partial charge in [-0.15, -0.1) is 0 Å². The summed E-state index contributed by atoms with van der Waals surface area (Å²) in [5.74, 6) is 0.413. The Kier molecular flexibility index (Phi) is 5.64. The van der Waals surface area contributed by atoms with Crippen LogP contribution >= 0.6 is 23.4 Å². The number of likely N-dealkylation sites (N-methyl/N-ethyl adjacent to an activating group) is 1. The molecule has 4 nitrogen and oxygen atoms in total. The highest BCUT2D eigenvalue weighted by molar-refractivity contribution is 8.18. The number of hydrogen-bond acceptors (Lipinski definition) is 4. The third kappa shape index (κ3) is 3.64. The van der Waals surface area contributed by atoms with Crippen molar-refractivity contribution < 1.29 is 4.79 Å². The van der Waals surface area contributed by atoms with E-state index in [-0.39, 0.29) is 11.4 Å². The first-order valence-electron chi connectivity index (χ1n) is 9.45. The largest absolute Gasteiger partial charge is 0.366 e. The van der Waals surface area contributed by atoms with Gasteiger partial charge in [-0.05, 0) is 73.7 Å². The van der Waals surface area contributed by atoms with Crippen LogP contribution in [-0.4, -0.2) is 42.2 Å². The SMILES string of the molecule is CCCN1c2cc(Cl)c(/C=C3/SC(=NC)N(C)C3=O)cc2C(C)CC1(C)C. The molecule has 1 amide bonds. The summed E-state index contributed by atoms with van der Waals surface area (Å²) in [6, 6.07) is 4.25. The number of halogens is 1. The lowest BCUT2D eigenvalue weighted by molar-refractivity contribution is -0.121. The highest BCUT2D eigenvalue weighted by Crippen LogP contribution is 2.46. The first kappa shape index (κ1) is 20.3. The number of fused-ring (bicyclic) bond motifs is 1. The zero-order valence-electron chi connectivity index (χ0n) is 17.0. The Morgan fingerprint density at radius 1 is 1.41 bits per heavy atom. The maximum atomic E-state index is 12.5.